The van der Waals surface area contributed by atoms with E-state index in [0.29, 0.717) is 28.0 Å². The number of piperidine rings is 1. The first kappa shape index (κ1) is 26.8. The van der Waals surface area contributed by atoms with Gasteiger partial charge in [0.25, 0.3) is 5.91 Å². The number of ether oxygens (including phenoxy) is 1. The SMILES string of the molecule is CN(C)CCOc1cc(C(=O)NC2CC(C)(C)NC(C)(C)C2)ccc1-c1cc2cc(Cl)c(Cl)cc2[nH]1. The van der Waals surface area contributed by atoms with Crippen molar-refractivity contribution in [3.63, 3.8) is 0 Å². The van der Waals surface area contributed by atoms with Crippen LogP contribution in [0.5, 0.6) is 5.75 Å². The first-order valence-corrected chi connectivity index (χ1v) is 13.1. The van der Waals surface area contributed by atoms with Gasteiger partial charge in [0.1, 0.15) is 12.4 Å². The van der Waals surface area contributed by atoms with Gasteiger partial charge in [-0.05, 0) is 91.0 Å². The molecule has 1 saturated heterocycles. The highest BCUT2D eigenvalue weighted by molar-refractivity contribution is 6.42. The third kappa shape index (κ3) is 6.35. The smallest absolute Gasteiger partial charge is 0.251 e. The van der Waals surface area contributed by atoms with Crippen molar-refractivity contribution in [3.8, 4) is 17.0 Å². The number of carbonyl (C=O) groups excluding carboxylic acids is 1. The standard InChI is InChI=1S/C28H36Cl2N4O2/c1-27(2)15-19(16-28(3,4)33-27)31-26(35)17-7-8-20(25(13-17)36-10-9-34(5)6)24-12-18-11-21(29)22(30)14-23(18)32-24/h7-8,11-14,19,32-33H,9-10,15-16H2,1-6H3,(H,31,35). The van der Waals surface area contributed by atoms with Crippen LogP contribution in [0.15, 0.2) is 36.4 Å². The molecule has 0 bridgehead atoms. The first-order chi connectivity index (χ1) is 16.8. The molecule has 0 saturated carbocycles. The highest BCUT2D eigenvalue weighted by atomic mass is 35.5. The average Bonchev–Trinajstić information content (AvgIpc) is 3.13. The maximum absolute atomic E-state index is 13.3. The molecular weight excluding hydrogens is 495 g/mol. The quantitative estimate of drug-likeness (QED) is 0.344. The lowest BCUT2D eigenvalue weighted by Gasteiger charge is -2.46. The molecule has 4 rings (SSSR count). The molecule has 1 fully saturated rings. The lowest BCUT2D eigenvalue weighted by Crippen LogP contribution is -2.62. The van der Waals surface area contributed by atoms with Crippen LogP contribution in [-0.4, -0.2) is 60.2 Å². The van der Waals surface area contributed by atoms with E-state index >= 15 is 0 Å². The predicted octanol–water partition coefficient (Wildman–Crippen LogP) is 6.12. The summed E-state index contributed by atoms with van der Waals surface area (Å²) in [7, 11) is 4.00. The van der Waals surface area contributed by atoms with E-state index in [1.807, 2.05) is 50.5 Å². The van der Waals surface area contributed by atoms with Gasteiger partial charge in [0, 0.05) is 45.7 Å². The zero-order valence-electron chi connectivity index (χ0n) is 21.9. The van der Waals surface area contributed by atoms with Gasteiger partial charge in [-0.2, -0.15) is 0 Å². The molecule has 2 aromatic carbocycles. The number of fused-ring (bicyclic) bond motifs is 1. The van der Waals surface area contributed by atoms with Gasteiger partial charge in [-0.1, -0.05) is 23.2 Å². The molecule has 0 atom stereocenters. The zero-order chi connectivity index (χ0) is 26.3. The molecular formula is C28H36Cl2N4O2. The van der Waals surface area contributed by atoms with Crippen molar-refractivity contribution in [1.29, 1.82) is 0 Å². The van der Waals surface area contributed by atoms with E-state index in [2.05, 4.69) is 48.2 Å². The summed E-state index contributed by atoms with van der Waals surface area (Å²) in [6.07, 6.45) is 1.74. The van der Waals surface area contributed by atoms with Crippen LogP contribution in [-0.2, 0) is 0 Å². The molecule has 1 aromatic heterocycles. The van der Waals surface area contributed by atoms with Crippen LogP contribution in [0.25, 0.3) is 22.2 Å². The highest BCUT2D eigenvalue weighted by Crippen LogP contribution is 2.36. The van der Waals surface area contributed by atoms with Crippen molar-refractivity contribution in [2.75, 3.05) is 27.2 Å². The zero-order valence-corrected chi connectivity index (χ0v) is 23.4. The Morgan fingerprint density at radius 2 is 1.72 bits per heavy atom. The van der Waals surface area contributed by atoms with Crippen LogP contribution in [0.4, 0.5) is 0 Å². The monoisotopic (exact) mass is 530 g/mol. The van der Waals surface area contributed by atoms with Crippen molar-refractivity contribution < 1.29 is 9.53 Å². The molecule has 8 heteroatoms. The molecule has 6 nitrogen and oxygen atoms in total. The van der Waals surface area contributed by atoms with E-state index in [-0.39, 0.29) is 23.0 Å². The number of halogens is 2. The van der Waals surface area contributed by atoms with Crippen LogP contribution >= 0.6 is 23.2 Å². The Bertz CT molecular complexity index is 1210. The van der Waals surface area contributed by atoms with Crippen molar-refractivity contribution in [1.82, 2.24) is 20.5 Å². The summed E-state index contributed by atoms with van der Waals surface area (Å²) in [6.45, 7) is 9.98. The van der Waals surface area contributed by atoms with E-state index in [1.165, 1.54) is 0 Å². The summed E-state index contributed by atoms with van der Waals surface area (Å²) in [4.78, 5) is 18.8. The second kappa shape index (κ2) is 10.3. The Morgan fingerprint density at radius 3 is 2.39 bits per heavy atom. The summed E-state index contributed by atoms with van der Waals surface area (Å²) in [6, 6.07) is 11.4. The number of hydrogen-bond acceptors (Lipinski definition) is 4. The van der Waals surface area contributed by atoms with Crippen molar-refractivity contribution in [2.24, 2.45) is 0 Å². The van der Waals surface area contributed by atoms with Crippen molar-refractivity contribution in [3.05, 3.63) is 52.0 Å². The van der Waals surface area contributed by atoms with Gasteiger partial charge in [0.2, 0.25) is 0 Å². The molecule has 1 aliphatic heterocycles. The summed E-state index contributed by atoms with van der Waals surface area (Å²) in [5.41, 5.74) is 3.11. The minimum Gasteiger partial charge on any atom is -0.492 e. The molecule has 1 amide bonds. The van der Waals surface area contributed by atoms with Crippen LogP contribution < -0.4 is 15.4 Å². The molecule has 1 aliphatic rings. The normalized spacial score (nSPS) is 17.5. The van der Waals surface area contributed by atoms with Gasteiger partial charge in [-0.15, -0.1) is 0 Å². The Hall–Kier alpha value is -2.25. The lowest BCUT2D eigenvalue weighted by atomic mass is 9.79. The number of aromatic nitrogens is 1. The van der Waals surface area contributed by atoms with Crippen LogP contribution in [0, 0.1) is 0 Å². The lowest BCUT2D eigenvalue weighted by molar-refractivity contribution is 0.0872. The number of likely N-dealkylation sites (N-methyl/N-ethyl adjacent to an activating group) is 1. The molecule has 194 valence electrons. The molecule has 3 aromatic rings. The average molecular weight is 532 g/mol. The van der Waals surface area contributed by atoms with Gasteiger partial charge >= 0.3 is 0 Å². The van der Waals surface area contributed by atoms with Gasteiger partial charge in [-0.3, -0.25) is 4.79 Å². The number of benzene rings is 2. The summed E-state index contributed by atoms with van der Waals surface area (Å²) in [5.74, 6) is 0.562. The fourth-order valence-electron chi connectivity index (χ4n) is 5.31. The second-order valence-electron chi connectivity index (χ2n) is 11.4. The summed E-state index contributed by atoms with van der Waals surface area (Å²) >= 11 is 12.4. The maximum atomic E-state index is 13.3. The fraction of sp³-hybridized carbons (Fsp3) is 0.464. The number of aromatic amines is 1. The Kier molecular flexibility index (Phi) is 7.63. The molecule has 0 unspecified atom stereocenters. The molecule has 3 N–H and O–H groups in total. The van der Waals surface area contributed by atoms with Crippen LogP contribution in [0.3, 0.4) is 0 Å². The second-order valence-corrected chi connectivity index (χ2v) is 12.2. The van der Waals surface area contributed by atoms with Crippen molar-refractivity contribution >= 4 is 40.0 Å². The Morgan fingerprint density at radius 1 is 1.06 bits per heavy atom. The van der Waals surface area contributed by atoms with Crippen LogP contribution in [0.1, 0.15) is 50.9 Å². The van der Waals surface area contributed by atoms with E-state index in [4.69, 9.17) is 27.9 Å². The predicted molar refractivity (Wildman–Crippen MR) is 150 cm³/mol. The first-order valence-electron chi connectivity index (χ1n) is 12.3. The number of carbonyl (C=O) groups is 1. The molecule has 36 heavy (non-hydrogen) atoms. The van der Waals surface area contributed by atoms with Crippen molar-refractivity contribution in [2.45, 2.75) is 57.7 Å². The van der Waals surface area contributed by atoms with E-state index in [9.17, 15) is 4.79 Å². The van der Waals surface area contributed by atoms with E-state index < -0.39 is 0 Å². The number of rotatable bonds is 7. The van der Waals surface area contributed by atoms with Gasteiger partial charge in [0.15, 0.2) is 0 Å². The molecule has 0 aliphatic carbocycles. The number of amides is 1. The number of H-pyrrole nitrogens is 1. The molecule has 0 radical (unpaired) electrons. The highest BCUT2D eigenvalue weighted by Gasteiger charge is 2.38. The maximum Gasteiger partial charge on any atom is 0.251 e. The number of nitrogens with zero attached hydrogens (tertiary/aromatic N) is 1. The van der Waals surface area contributed by atoms with E-state index in [1.54, 1.807) is 0 Å². The topological polar surface area (TPSA) is 69.4 Å². The fourth-order valence-corrected chi connectivity index (χ4v) is 5.64. The summed E-state index contributed by atoms with van der Waals surface area (Å²) in [5, 5.41) is 8.89. The van der Waals surface area contributed by atoms with Gasteiger partial charge in [0.05, 0.1) is 15.7 Å². The molecule has 0 spiro atoms. The van der Waals surface area contributed by atoms with Gasteiger partial charge in [-0.25, -0.2) is 0 Å². The van der Waals surface area contributed by atoms with E-state index in [0.717, 1.165) is 41.5 Å². The van der Waals surface area contributed by atoms with Gasteiger partial charge < -0.3 is 25.3 Å². The molecule has 2 heterocycles. The van der Waals surface area contributed by atoms with Crippen LogP contribution in [0.2, 0.25) is 10.0 Å². The Balaban J connectivity index is 1.62. The largest absolute Gasteiger partial charge is 0.492 e. The Labute approximate surface area is 223 Å². The number of nitrogens with one attached hydrogen (secondary N) is 3. The minimum absolute atomic E-state index is 0.0502. The third-order valence-electron chi connectivity index (χ3n) is 6.52. The number of hydrogen-bond donors (Lipinski definition) is 3. The summed E-state index contributed by atoms with van der Waals surface area (Å²) < 4.78 is 6.19. The minimum atomic E-state index is -0.0901. The third-order valence-corrected chi connectivity index (χ3v) is 7.24.